The van der Waals surface area contributed by atoms with Gasteiger partial charge >= 0.3 is 5.97 Å². The first-order valence-electron chi connectivity index (χ1n) is 7.68. The first-order valence-corrected chi connectivity index (χ1v) is 9.81. The van der Waals surface area contributed by atoms with E-state index in [0.29, 0.717) is 17.1 Å². The number of thiol groups is 1. The average Bonchev–Trinajstić information content (AvgIpc) is 3.02. The van der Waals surface area contributed by atoms with Gasteiger partial charge in [0.1, 0.15) is 21.5 Å². The minimum absolute atomic E-state index is 0.0519. The number of hydrogen-bond donors (Lipinski definition) is 2. The maximum absolute atomic E-state index is 10.9. The van der Waals surface area contributed by atoms with Gasteiger partial charge in [0.2, 0.25) is 0 Å². The Kier molecular flexibility index (Phi) is 5.95. The van der Waals surface area contributed by atoms with Gasteiger partial charge in [-0.05, 0) is 42.8 Å². The number of aliphatic carboxylic acids is 1. The highest BCUT2D eigenvalue weighted by Crippen LogP contribution is 2.39. The number of aryl methyl sites for hydroxylation is 1. The van der Waals surface area contributed by atoms with Gasteiger partial charge < -0.3 is 9.84 Å². The van der Waals surface area contributed by atoms with Gasteiger partial charge in [-0.25, -0.2) is 0 Å². The standard InChI is InChI=1S/C18H15BrN2O3S2/c1-10-20-21-18(26-10)17(25)14-9-12(19)5-6-15(14)24-13-4-2-3-11(7-13)8-16(22)23/h2-7,9,17,25H,8H2,1H3,(H,22,23). The molecule has 0 saturated heterocycles. The maximum atomic E-state index is 10.9. The average molecular weight is 451 g/mol. The molecule has 0 fully saturated rings. The summed E-state index contributed by atoms with van der Waals surface area (Å²) in [6, 6.07) is 12.7. The molecule has 0 radical (unpaired) electrons. The quantitative estimate of drug-likeness (QED) is 0.514. The number of halogens is 1. The summed E-state index contributed by atoms with van der Waals surface area (Å²) in [6.45, 7) is 1.90. The Labute approximate surface area is 168 Å². The van der Waals surface area contributed by atoms with Crippen LogP contribution in [-0.4, -0.2) is 21.3 Å². The number of rotatable bonds is 6. The van der Waals surface area contributed by atoms with Crippen molar-refractivity contribution in [1.29, 1.82) is 0 Å². The minimum atomic E-state index is -0.881. The van der Waals surface area contributed by atoms with Crippen LogP contribution in [0.25, 0.3) is 0 Å². The molecule has 1 aromatic heterocycles. The summed E-state index contributed by atoms with van der Waals surface area (Å²) in [5.41, 5.74) is 1.53. The molecule has 1 heterocycles. The third kappa shape index (κ3) is 4.63. The number of carboxylic acid groups (broad SMARTS) is 1. The Morgan fingerprint density at radius 3 is 2.81 bits per heavy atom. The zero-order chi connectivity index (χ0) is 18.7. The summed E-state index contributed by atoms with van der Waals surface area (Å²) < 4.78 is 6.93. The van der Waals surface area contributed by atoms with Crippen molar-refractivity contribution in [2.45, 2.75) is 18.6 Å². The zero-order valence-electron chi connectivity index (χ0n) is 13.7. The van der Waals surface area contributed by atoms with E-state index >= 15 is 0 Å². The highest BCUT2D eigenvalue weighted by atomic mass is 79.9. The fraction of sp³-hybridized carbons (Fsp3) is 0.167. The summed E-state index contributed by atoms with van der Waals surface area (Å²) >= 11 is 9.67. The van der Waals surface area contributed by atoms with Crippen molar-refractivity contribution < 1.29 is 14.6 Å². The first kappa shape index (κ1) is 18.9. The molecular formula is C18H15BrN2O3S2. The van der Waals surface area contributed by atoms with Crippen LogP contribution in [0, 0.1) is 6.92 Å². The van der Waals surface area contributed by atoms with Crippen molar-refractivity contribution >= 4 is 45.9 Å². The molecule has 0 amide bonds. The highest BCUT2D eigenvalue weighted by Gasteiger charge is 2.19. The van der Waals surface area contributed by atoms with E-state index in [0.717, 1.165) is 20.1 Å². The van der Waals surface area contributed by atoms with Crippen LogP contribution in [0.1, 0.15) is 26.4 Å². The Morgan fingerprint density at radius 1 is 1.31 bits per heavy atom. The zero-order valence-corrected chi connectivity index (χ0v) is 17.0. The van der Waals surface area contributed by atoms with E-state index in [2.05, 4.69) is 26.1 Å². The van der Waals surface area contributed by atoms with Gasteiger partial charge in [-0.1, -0.05) is 28.1 Å². The molecule has 0 spiro atoms. The molecule has 0 bridgehead atoms. The van der Waals surface area contributed by atoms with Crippen molar-refractivity contribution in [3.63, 3.8) is 0 Å². The predicted molar refractivity (Wildman–Crippen MR) is 107 cm³/mol. The van der Waals surface area contributed by atoms with E-state index in [1.807, 2.05) is 25.1 Å². The molecule has 1 atom stereocenters. The van der Waals surface area contributed by atoms with Gasteiger partial charge in [0.15, 0.2) is 0 Å². The van der Waals surface area contributed by atoms with Crippen LogP contribution in [0.5, 0.6) is 11.5 Å². The lowest BCUT2D eigenvalue weighted by atomic mass is 10.1. The number of ether oxygens (including phenoxy) is 1. The van der Waals surface area contributed by atoms with Gasteiger partial charge in [0.25, 0.3) is 0 Å². The molecule has 5 nitrogen and oxygen atoms in total. The summed E-state index contributed by atoms with van der Waals surface area (Å²) in [5.74, 6) is 0.323. The molecule has 8 heteroatoms. The van der Waals surface area contributed by atoms with Gasteiger partial charge in [0.05, 0.1) is 11.7 Å². The number of carbonyl (C=O) groups is 1. The molecule has 0 aliphatic heterocycles. The highest BCUT2D eigenvalue weighted by molar-refractivity contribution is 9.10. The van der Waals surface area contributed by atoms with Crippen molar-refractivity contribution in [1.82, 2.24) is 10.2 Å². The Balaban J connectivity index is 1.92. The molecule has 1 N–H and O–H groups in total. The van der Waals surface area contributed by atoms with Crippen LogP contribution in [0.4, 0.5) is 0 Å². The third-order valence-electron chi connectivity index (χ3n) is 3.52. The van der Waals surface area contributed by atoms with Gasteiger partial charge in [0, 0.05) is 10.0 Å². The van der Waals surface area contributed by atoms with Crippen molar-refractivity contribution in [2.24, 2.45) is 0 Å². The van der Waals surface area contributed by atoms with E-state index in [1.54, 1.807) is 24.3 Å². The second kappa shape index (κ2) is 8.20. The number of carboxylic acids is 1. The number of benzene rings is 2. The molecular weight excluding hydrogens is 436 g/mol. The summed E-state index contributed by atoms with van der Waals surface area (Å²) in [4.78, 5) is 10.9. The van der Waals surface area contributed by atoms with E-state index in [-0.39, 0.29) is 11.7 Å². The number of aromatic nitrogens is 2. The predicted octanol–water partition coefficient (Wildman–Crippen LogP) is 5.05. The van der Waals surface area contributed by atoms with Gasteiger partial charge in [-0.3, -0.25) is 4.79 Å². The Morgan fingerprint density at radius 2 is 2.12 bits per heavy atom. The molecule has 2 aromatic carbocycles. The van der Waals surface area contributed by atoms with Crippen LogP contribution in [-0.2, 0) is 11.2 Å². The topological polar surface area (TPSA) is 72.3 Å². The van der Waals surface area contributed by atoms with E-state index < -0.39 is 5.97 Å². The summed E-state index contributed by atoms with van der Waals surface area (Å²) in [6.07, 6.45) is -0.0519. The fourth-order valence-corrected chi connectivity index (χ4v) is 3.90. The van der Waals surface area contributed by atoms with Crippen molar-refractivity contribution in [3.8, 4) is 11.5 Å². The smallest absolute Gasteiger partial charge is 0.307 e. The SMILES string of the molecule is Cc1nnc(C(S)c2cc(Br)ccc2Oc2cccc(CC(=O)O)c2)s1. The largest absolute Gasteiger partial charge is 0.481 e. The van der Waals surface area contributed by atoms with Crippen molar-refractivity contribution in [2.75, 3.05) is 0 Å². The van der Waals surface area contributed by atoms with Crippen LogP contribution in [0.3, 0.4) is 0 Å². The van der Waals surface area contributed by atoms with Crippen LogP contribution in [0.2, 0.25) is 0 Å². The maximum Gasteiger partial charge on any atom is 0.307 e. The lowest BCUT2D eigenvalue weighted by Gasteiger charge is -2.15. The lowest BCUT2D eigenvalue weighted by molar-refractivity contribution is -0.136. The second-order valence-electron chi connectivity index (χ2n) is 5.56. The summed E-state index contributed by atoms with van der Waals surface area (Å²) in [5, 5.41) is 18.6. The Hall–Kier alpha value is -1.90. The molecule has 0 aliphatic rings. The molecule has 0 saturated carbocycles. The molecule has 3 rings (SSSR count). The van der Waals surface area contributed by atoms with Crippen molar-refractivity contribution in [3.05, 3.63) is 68.1 Å². The van der Waals surface area contributed by atoms with Gasteiger partial charge in [-0.2, -0.15) is 12.6 Å². The van der Waals surface area contributed by atoms with Gasteiger partial charge in [-0.15, -0.1) is 21.5 Å². The molecule has 0 aliphatic carbocycles. The lowest BCUT2D eigenvalue weighted by Crippen LogP contribution is -2.00. The van der Waals surface area contributed by atoms with E-state index in [1.165, 1.54) is 11.3 Å². The molecule has 3 aromatic rings. The van der Waals surface area contributed by atoms with E-state index in [4.69, 9.17) is 22.5 Å². The second-order valence-corrected chi connectivity index (χ2v) is 8.21. The monoisotopic (exact) mass is 450 g/mol. The number of hydrogen-bond acceptors (Lipinski definition) is 6. The molecule has 134 valence electrons. The fourth-order valence-electron chi connectivity index (χ4n) is 2.40. The van der Waals surface area contributed by atoms with Crippen LogP contribution < -0.4 is 4.74 Å². The molecule has 1 unspecified atom stereocenters. The first-order chi connectivity index (χ1) is 12.4. The Bertz CT molecular complexity index is 946. The van der Waals surface area contributed by atoms with Crippen LogP contribution >= 0.6 is 39.9 Å². The normalized spacial score (nSPS) is 12.0. The third-order valence-corrected chi connectivity index (χ3v) is 5.62. The minimum Gasteiger partial charge on any atom is -0.481 e. The van der Waals surface area contributed by atoms with E-state index in [9.17, 15) is 4.79 Å². The molecule has 26 heavy (non-hydrogen) atoms. The number of nitrogens with zero attached hydrogens (tertiary/aromatic N) is 2. The summed E-state index contributed by atoms with van der Waals surface area (Å²) in [7, 11) is 0. The van der Waals surface area contributed by atoms with Crippen LogP contribution in [0.15, 0.2) is 46.9 Å².